The van der Waals surface area contributed by atoms with Gasteiger partial charge in [0, 0.05) is 5.69 Å². The molecule has 2 aromatic rings. The predicted octanol–water partition coefficient (Wildman–Crippen LogP) is 1.33. The Hall–Kier alpha value is -2.97. The molecule has 1 aromatic carbocycles. The third-order valence-corrected chi connectivity index (χ3v) is 5.09. The number of hydrogen-bond donors (Lipinski definition) is 3. The summed E-state index contributed by atoms with van der Waals surface area (Å²) in [7, 11) is 0. The van der Waals surface area contributed by atoms with Crippen molar-refractivity contribution in [3.63, 3.8) is 0 Å². The fraction of sp³-hybridized carbons (Fsp3) is 0.500. The van der Waals surface area contributed by atoms with Crippen LogP contribution >= 0.6 is 0 Å². The fourth-order valence-electron chi connectivity index (χ4n) is 3.58. The first-order valence-corrected chi connectivity index (χ1v) is 9.12. The Morgan fingerprint density at radius 3 is 2.44 bits per heavy atom. The van der Waals surface area contributed by atoms with Crippen molar-refractivity contribution in [1.82, 2.24) is 25.5 Å². The molecule has 3 rings (SSSR count). The molecule has 1 heterocycles. The van der Waals surface area contributed by atoms with E-state index >= 15 is 0 Å². The number of nitrogen functional groups attached to an aromatic ring is 1. The number of anilines is 2. The van der Waals surface area contributed by atoms with Crippen LogP contribution in [-0.2, 0) is 16.1 Å². The van der Waals surface area contributed by atoms with Crippen LogP contribution in [0.25, 0.3) is 0 Å². The molecule has 0 radical (unpaired) electrons. The van der Waals surface area contributed by atoms with Crippen molar-refractivity contribution in [3.05, 3.63) is 29.3 Å². The number of carbonyl (C=O) groups is 2. The minimum Gasteiger partial charge on any atom is -0.367 e. The number of benzene rings is 1. The molecule has 0 spiro atoms. The summed E-state index contributed by atoms with van der Waals surface area (Å²) in [4.78, 5) is 25.8. The molecule has 1 aromatic heterocycles. The van der Waals surface area contributed by atoms with E-state index in [1.54, 1.807) is 0 Å². The lowest BCUT2D eigenvalue weighted by molar-refractivity contribution is -0.132. The molecule has 1 aliphatic rings. The second-order valence-electron chi connectivity index (χ2n) is 7.11. The Bertz CT molecular complexity index is 820. The zero-order valence-electron chi connectivity index (χ0n) is 15.7. The van der Waals surface area contributed by atoms with Crippen molar-refractivity contribution in [2.45, 2.75) is 58.0 Å². The SMILES string of the molecule is Cc1cccc(C)c1NC(=O)C1(NC(=O)Cn2nnnc2N)CCCCC1. The standard InChI is InChI=1S/C18H25N7O2/c1-12-7-6-8-13(2)15(12)20-16(27)18(9-4-3-5-10-18)21-14(26)11-25-17(19)22-23-24-25/h6-8H,3-5,9-11H2,1-2H3,(H,20,27)(H,21,26)(H2,19,22,24). The van der Waals surface area contributed by atoms with E-state index in [1.165, 1.54) is 4.68 Å². The van der Waals surface area contributed by atoms with Crippen molar-refractivity contribution in [2.75, 3.05) is 11.1 Å². The molecule has 2 amide bonds. The molecule has 0 unspecified atom stereocenters. The number of amides is 2. The highest BCUT2D eigenvalue weighted by Crippen LogP contribution is 2.31. The van der Waals surface area contributed by atoms with Crippen LogP contribution in [-0.4, -0.2) is 37.6 Å². The van der Waals surface area contributed by atoms with E-state index in [4.69, 9.17) is 5.73 Å². The van der Waals surface area contributed by atoms with Gasteiger partial charge >= 0.3 is 0 Å². The maximum absolute atomic E-state index is 13.2. The van der Waals surface area contributed by atoms with Gasteiger partial charge in [-0.15, -0.1) is 0 Å². The number of aryl methyl sites for hydroxylation is 2. The number of nitrogens with one attached hydrogen (secondary N) is 2. The van der Waals surface area contributed by atoms with Crippen LogP contribution in [0.4, 0.5) is 11.6 Å². The van der Waals surface area contributed by atoms with Crippen molar-refractivity contribution in [1.29, 1.82) is 0 Å². The summed E-state index contributed by atoms with van der Waals surface area (Å²) in [5.74, 6) is -0.465. The highest BCUT2D eigenvalue weighted by molar-refractivity contribution is 6.01. The van der Waals surface area contributed by atoms with Gasteiger partial charge < -0.3 is 16.4 Å². The second-order valence-corrected chi connectivity index (χ2v) is 7.11. The van der Waals surface area contributed by atoms with Gasteiger partial charge in [-0.1, -0.05) is 42.6 Å². The van der Waals surface area contributed by atoms with E-state index < -0.39 is 5.54 Å². The monoisotopic (exact) mass is 371 g/mol. The minimum absolute atomic E-state index is 0.0582. The van der Waals surface area contributed by atoms with Crippen LogP contribution < -0.4 is 16.4 Å². The third kappa shape index (κ3) is 4.07. The quantitative estimate of drug-likeness (QED) is 0.727. The highest BCUT2D eigenvalue weighted by atomic mass is 16.2. The van der Waals surface area contributed by atoms with Crippen molar-refractivity contribution >= 4 is 23.5 Å². The first-order valence-electron chi connectivity index (χ1n) is 9.12. The van der Waals surface area contributed by atoms with Crippen molar-refractivity contribution in [2.24, 2.45) is 0 Å². The number of aromatic nitrogens is 4. The van der Waals surface area contributed by atoms with Gasteiger partial charge in [-0.3, -0.25) is 9.59 Å². The van der Waals surface area contributed by atoms with Gasteiger partial charge in [0.15, 0.2) is 0 Å². The molecule has 0 aliphatic heterocycles. The first-order chi connectivity index (χ1) is 12.9. The maximum Gasteiger partial charge on any atom is 0.250 e. The lowest BCUT2D eigenvalue weighted by atomic mass is 9.80. The summed E-state index contributed by atoms with van der Waals surface area (Å²) in [6.07, 6.45) is 4.01. The molecule has 1 fully saturated rings. The van der Waals surface area contributed by atoms with Crippen LogP contribution in [0.5, 0.6) is 0 Å². The molecule has 1 saturated carbocycles. The fourth-order valence-corrected chi connectivity index (χ4v) is 3.58. The van der Waals surface area contributed by atoms with E-state index in [1.807, 2.05) is 32.0 Å². The number of nitrogens with two attached hydrogens (primary N) is 1. The molecular formula is C18H25N7O2. The van der Waals surface area contributed by atoms with Crippen LogP contribution in [0.3, 0.4) is 0 Å². The van der Waals surface area contributed by atoms with Crippen molar-refractivity contribution in [3.8, 4) is 0 Å². The molecule has 27 heavy (non-hydrogen) atoms. The lowest BCUT2D eigenvalue weighted by Crippen LogP contribution is -2.58. The Labute approximate surface area is 157 Å². The summed E-state index contributed by atoms with van der Waals surface area (Å²) in [6, 6.07) is 5.86. The third-order valence-electron chi connectivity index (χ3n) is 5.09. The van der Waals surface area contributed by atoms with E-state index in [0.29, 0.717) is 12.8 Å². The second kappa shape index (κ2) is 7.73. The number of para-hydroxylation sites is 1. The maximum atomic E-state index is 13.2. The number of rotatable bonds is 5. The Morgan fingerprint density at radius 1 is 1.19 bits per heavy atom. The molecule has 1 aliphatic carbocycles. The average Bonchev–Trinajstić information content (AvgIpc) is 3.03. The van der Waals surface area contributed by atoms with Crippen molar-refractivity contribution < 1.29 is 9.59 Å². The molecule has 9 heteroatoms. The summed E-state index contributed by atoms with van der Waals surface area (Å²) in [5, 5.41) is 16.6. The predicted molar refractivity (Wildman–Crippen MR) is 101 cm³/mol. The molecule has 9 nitrogen and oxygen atoms in total. The number of hydrogen-bond acceptors (Lipinski definition) is 6. The number of carbonyl (C=O) groups excluding carboxylic acids is 2. The van der Waals surface area contributed by atoms with Crippen LogP contribution in [0.2, 0.25) is 0 Å². The average molecular weight is 371 g/mol. The molecular weight excluding hydrogens is 346 g/mol. The zero-order chi connectivity index (χ0) is 19.4. The van der Waals surface area contributed by atoms with Crippen LogP contribution in [0.1, 0.15) is 43.2 Å². The van der Waals surface area contributed by atoms with E-state index in [9.17, 15) is 9.59 Å². The van der Waals surface area contributed by atoms with Crippen LogP contribution in [0.15, 0.2) is 18.2 Å². The van der Waals surface area contributed by atoms with Gasteiger partial charge in [-0.25, -0.2) is 4.68 Å². The van der Waals surface area contributed by atoms with Gasteiger partial charge in [-0.2, -0.15) is 0 Å². The lowest BCUT2D eigenvalue weighted by Gasteiger charge is -2.37. The number of tetrazole rings is 1. The normalized spacial score (nSPS) is 15.9. The Kier molecular flexibility index (Phi) is 5.38. The van der Waals surface area contributed by atoms with E-state index in [2.05, 4.69) is 26.2 Å². The van der Waals surface area contributed by atoms with E-state index in [0.717, 1.165) is 36.1 Å². The smallest absolute Gasteiger partial charge is 0.250 e. The molecule has 4 N–H and O–H groups in total. The Balaban J connectivity index is 1.78. The van der Waals surface area contributed by atoms with E-state index in [-0.39, 0.29) is 24.3 Å². The largest absolute Gasteiger partial charge is 0.367 e. The zero-order valence-corrected chi connectivity index (χ0v) is 15.7. The summed E-state index contributed by atoms with van der Waals surface area (Å²) < 4.78 is 1.20. The topological polar surface area (TPSA) is 128 Å². The molecule has 0 saturated heterocycles. The van der Waals surface area contributed by atoms with Gasteiger partial charge in [0.1, 0.15) is 12.1 Å². The molecule has 0 atom stereocenters. The molecule has 0 bridgehead atoms. The molecule has 144 valence electrons. The van der Waals surface area contributed by atoms with Gasteiger partial charge in [0.05, 0.1) is 0 Å². The first kappa shape index (κ1) is 18.8. The Morgan fingerprint density at radius 2 is 1.85 bits per heavy atom. The van der Waals surface area contributed by atoms with Gasteiger partial charge in [0.25, 0.3) is 0 Å². The highest BCUT2D eigenvalue weighted by Gasteiger charge is 2.41. The summed E-state index contributed by atoms with van der Waals surface area (Å²) in [5.41, 5.74) is 7.45. The van der Waals surface area contributed by atoms with Gasteiger partial charge in [0.2, 0.25) is 17.8 Å². The van der Waals surface area contributed by atoms with Gasteiger partial charge in [-0.05, 0) is 48.2 Å². The number of nitrogens with zero attached hydrogens (tertiary/aromatic N) is 4. The summed E-state index contributed by atoms with van der Waals surface area (Å²) in [6.45, 7) is 3.78. The summed E-state index contributed by atoms with van der Waals surface area (Å²) >= 11 is 0. The van der Waals surface area contributed by atoms with Crippen LogP contribution in [0, 0.1) is 13.8 Å². The minimum atomic E-state index is -0.938.